The van der Waals surface area contributed by atoms with Gasteiger partial charge in [0.2, 0.25) is 0 Å². The van der Waals surface area contributed by atoms with Crippen LogP contribution in [0.4, 0.5) is 6.01 Å². The van der Waals surface area contributed by atoms with Gasteiger partial charge in [-0.1, -0.05) is 6.07 Å². The van der Waals surface area contributed by atoms with Gasteiger partial charge >= 0.3 is 0 Å². The van der Waals surface area contributed by atoms with Crippen molar-refractivity contribution in [1.82, 2.24) is 4.98 Å². The number of hydrogen-bond donors (Lipinski definition) is 1. The van der Waals surface area contributed by atoms with Crippen LogP contribution in [0.5, 0.6) is 0 Å². The van der Waals surface area contributed by atoms with E-state index >= 15 is 0 Å². The molecule has 16 heavy (non-hydrogen) atoms. The van der Waals surface area contributed by atoms with Crippen LogP contribution >= 0.6 is 0 Å². The van der Waals surface area contributed by atoms with E-state index in [1.54, 1.807) is 0 Å². The number of benzene rings is 1. The second-order valence-corrected chi connectivity index (χ2v) is 4.46. The summed E-state index contributed by atoms with van der Waals surface area (Å²) in [4.78, 5) is 6.60. The maximum absolute atomic E-state index is 5.87. The third kappa shape index (κ3) is 1.55. The minimum Gasteiger partial charge on any atom is -0.423 e. The van der Waals surface area contributed by atoms with Gasteiger partial charge in [0.05, 0.1) is 0 Å². The van der Waals surface area contributed by atoms with Crippen molar-refractivity contribution in [1.29, 1.82) is 0 Å². The van der Waals surface area contributed by atoms with Crippen molar-refractivity contribution in [3.63, 3.8) is 0 Å². The molecule has 1 aliphatic heterocycles. The SMILES string of the molecule is Cc1ccc2oc(N3CC[C@H](N)C3)nc2c1. The molecule has 1 aromatic heterocycles. The Hall–Kier alpha value is -1.55. The molecule has 2 heterocycles. The van der Waals surface area contributed by atoms with Crippen LogP contribution in [0.2, 0.25) is 0 Å². The summed E-state index contributed by atoms with van der Waals surface area (Å²) in [6, 6.07) is 6.99. The number of oxazole rings is 1. The smallest absolute Gasteiger partial charge is 0.298 e. The van der Waals surface area contributed by atoms with Crippen LogP contribution in [-0.4, -0.2) is 24.1 Å². The third-order valence-electron chi connectivity index (χ3n) is 3.03. The quantitative estimate of drug-likeness (QED) is 0.789. The van der Waals surface area contributed by atoms with Crippen molar-refractivity contribution in [3.05, 3.63) is 23.8 Å². The van der Waals surface area contributed by atoms with Crippen LogP contribution < -0.4 is 10.6 Å². The van der Waals surface area contributed by atoms with Gasteiger partial charge in [0, 0.05) is 19.1 Å². The molecule has 0 amide bonds. The summed E-state index contributed by atoms with van der Waals surface area (Å²) in [5.74, 6) is 0. The predicted molar refractivity (Wildman–Crippen MR) is 63.6 cm³/mol. The zero-order valence-corrected chi connectivity index (χ0v) is 9.31. The Balaban J connectivity index is 1.99. The van der Waals surface area contributed by atoms with Crippen LogP contribution in [0.3, 0.4) is 0 Å². The van der Waals surface area contributed by atoms with Gasteiger partial charge in [-0.25, -0.2) is 0 Å². The van der Waals surface area contributed by atoms with E-state index in [-0.39, 0.29) is 6.04 Å². The molecule has 84 valence electrons. The summed E-state index contributed by atoms with van der Waals surface area (Å²) in [7, 11) is 0. The number of aryl methyl sites for hydroxylation is 1. The molecular formula is C12H15N3O. The molecule has 1 atom stereocenters. The summed E-state index contributed by atoms with van der Waals surface area (Å²) in [6.07, 6.45) is 1.01. The van der Waals surface area contributed by atoms with Crippen LogP contribution in [-0.2, 0) is 0 Å². The zero-order chi connectivity index (χ0) is 11.1. The molecule has 1 fully saturated rings. The highest BCUT2D eigenvalue weighted by Gasteiger charge is 2.23. The molecule has 0 bridgehead atoms. The van der Waals surface area contributed by atoms with Gasteiger partial charge in [-0.2, -0.15) is 4.98 Å². The van der Waals surface area contributed by atoms with Gasteiger partial charge in [0.1, 0.15) is 5.52 Å². The van der Waals surface area contributed by atoms with Gasteiger partial charge in [-0.05, 0) is 31.0 Å². The van der Waals surface area contributed by atoms with Crippen molar-refractivity contribution < 1.29 is 4.42 Å². The fourth-order valence-electron chi connectivity index (χ4n) is 2.12. The van der Waals surface area contributed by atoms with Crippen LogP contribution in [0.1, 0.15) is 12.0 Å². The van der Waals surface area contributed by atoms with E-state index in [4.69, 9.17) is 10.2 Å². The van der Waals surface area contributed by atoms with E-state index in [1.165, 1.54) is 5.56 Å². The molecule has 0 saturated carbocycles. The fraction of sp³-hybridized carbons (Fsp3) is 0.417. The van der Waals surface area contributed by atoms with E-state index in [2.05, 4.69) is 16.8 Å². The molecular weight excluding hydrogens is 202 g/mol. The zero-order valence-electron chi connectivity index (χ0n) is 9.31. The minimum atomic E-state index is 0.247. The van der Waals surface area contributed by atoms with E-state index < -0.39 is 0 Å². The summed E-state index contributed by atoms with van der Waals surface area (Å²) in [6.45, 7) is 3.83. The lowest BCUT2D eigenvalue weighted by Gasteiger charge is -2.11. The Morgan fingerprint density at radius 2 is 2.38 bits per heavy atom. The normalized spacial score (nSPS) is 20.9. The van der Waals surface area contributed by atoms with Crippen molar-refractivity contribution in [2.24, 2.45) is 5.73 Å². The topological polar surface area (TPSA) is 55.3 Å². The number of nitrogens with two attached hydrogens (primary N) is 1. The number of hydrogen-bond acceptors (Lipinski definition) is 4. The highest BCUT2D eigenvalue weighted by atomic mass is 16.4. The van der Waals surface area contributed by atoms with E-state index in [0.29, 0.717) is 6.01 Å². The number of fused-ring (bicyclic) bond motifs is 1. The fourth-order valence-corrected chi connectivity index (χ4v) is 2.12. The Morgan fingerprint density at radius 1 is 1.50 bits per heavy atom. The second kappa shape index (κ2) is 3.49. The van der Waals surface area contributed by atoms with Crippen LogP contribution in [0.15, 0.2) is 22.6 Å². The Bertz CT molecular complexity index is 520. The number of aromatic nitrogens is 1. The average molecular weight is 217 g/mol. The molecule has 1 aromatic carbocycles. The Labute approximate surface area is 94.0 Å². The number of nitrogens with zero attached hydrogens (tertiary/aromatic N) is 2. The summed E-state index contributed by atoms with van der Waals surface area (Å²) in [5, 5.41) is 0. The maximum Gasteiger partial charge on any atom is 0.298 e. The van der Waals surface area contributed by atoms with Crippen molar-refractivity contribution in [2.45, 2.75) is 19.4 Å². The largest absolute Gasteiger partial charge is 0.423 e. The lowest BCUT2D eigenvalue weighted by molar-refractivity contribution is 0.583. The molecule has 4 heteroatoms. The highest BCUT2D eigenvalue weighted by molar-refractivity contribution is 5.75. The molecule has 0 spiro atoms. The lowest BCUT2D eigenvalue weighted by Crippen LogP contribution is -2.26. The molecule has 0 unspecified atom stereocenters. The van der Waals surface area contributed by atoms with Crippen molar-refractivity contribution >= 4 is 17.1 Å². The average Bonchev–Trinajstić information content (AvgIpc) is 2.83. The molecule has 2 N–H and O–H groups in total. The Kier molecular flexibility index (Phi) is 2.11. The highest BCUT2D eigenvalue weighted by Crippen LogP contribution is 2.24. The lowest BCUT2D eigenvalue weighted by atomic mass is 10.2. The molecule has 3 rings (SSSR count). The Morgan fingerprint density at radius 3 is 3.12 bits per heavy atom. The van der Waals surface area contributed by atoms with Gasteiger partial charge in [0.25, 0.3) is 6.01 Å². The monoisotopic (exact) mass is 217 g/mol. The van der Waals surface area contributed by atoms with E-state index in [0.717, 1.165) is 30.6 Å². The molecule has 0 aliphatic carbocycles. The first-order valence-electron chi connectivity index (χ1n) is 5.60. The van der Waals surface area contributed by atoms with Gasteiger partial charge in [-0.3, -0.25) is 0 Å². The molecule has 4 nitrogen and oxygen atoms in total. The van der Waals surface area contributed by atoms with Gasteiger partial charge < -0.3 is 15.1 Å². The molecule has 1 aliphatic rings. The van der Waals surface area contributed by atoms with Gasteiger partial charge in [0.15, 0.2) is 5.58 Å². The van der Waals surface area contributed by atoms with Crippen LogP contribution in [0, 0.1) is 6.92 Å². The first-order valence-corrected chi connectivity index (χ1v) is 5.60. The summed E-state index contributed by atoms with van der Waals surface area (Å²) >= 11 is 0. The first-order chi connectivity index (χ1) is 7.72. The van der Waals surface area contributed by atoms with Crippen LogP contribution in [0.25, 0.3) is 11.1 Å². The second-order valence-electron chi connectivity index (χ2n) is 4.46. The first kappa shape index (κ1) is 9.66. The molecule has 1 saturated heterocycles. The van der Waals surface area contributed by atoms with Gasteiger partial charge in [-0.15, -0.1) is 0 Å². The molecule has 0 radical (unpaired) electrons. The molecule has 2 aromatic rings. The number of anilines is 1. The third-order valence-corrected chi connectivity index (χ3v) is 3.03. The summed E-state index contributed by atoms with van der Waals surface area (Å²) < 4.78 is 5.71. The number of rotatable bonds is 1. The standard InChI is InChI=1S/C12H15N3O/c1-8-2-3-11-10(6-8)14-12(16-11)15-5-4-9(13)7-15/h2-3,6,9H,4-5,7,13H2,1H3/t9-/m0/s1. The van der Waals surface area contributed by atoms with Crippen molar-refractivity contribution in [3.8, 4) is 0 Å². The predicted octanol–water partition coefficient (Wildman–Crippen LogP) is 1.67. The van der Waals surface area contributed by atoms with Crippen molar-refractivity contribution in [2.75, 3.05) is 18.0 Å². The summed E-state index contributed by atoms with van der Waals surface area (Å²) in [5.41, 5.74) is 8.84. The maximum atomic E-state index is 5.87. The minimum absolute atomic E-state index is 0.247. The van der Waals surface area contributed by atoms with E-state index in [1.807, 2.05) is 18.2 Å². The van der Waals surface area contributed by atoms with E-state index in [9.17, 15) is 0 Å².